The molecule has 0 aromatic carbocycles. The van der Waals surface area contributed by atoms with Gasteiger partial charge in [-0.2, -0.15) is 0 Å². The minimum atomic E-state index is -0.377. The van der Waals surface area contributed by atoms with E-state index in [0.29, 0.717) is 13.2 Å². The predicted octanol–water partition coefficient (Wildman–Crippen LogP) is 2.44. The molecular formula is C12H17NO2S. The highest BCUT2D eigenvalue weighted by Gasteiger charge is 2.23. The monoisotopic (exact) mass is 239 g/mol. The fourth-order valence-electron chi connectivity index (χ4n) is 1.39. The summed E-state index contributed by atoms with van der Waals surface area (Å²) in [5.41, 5.74) is 1.11. The van der Waals surface area contributed by atoms with Crippen molar-refractivity contribution in [2.24, 2.45) is 0 Å². The van der Waals surface area contributed by atoms with Crippen LogP contribution >= 0.6 is 11.3 Å². The number of rotatable bonds is 6. The van der Waals surface area contributed by atoms with Crippen molar-refractivity contribution in [1.82, 2.24) is 5.32 Å². The summed E-state index contributed by atoms with van der Waals surface area (Å²) < 4.78 is 5.05. The number of aryl methyl sites for hydroxylation is 1. The van der Waals surface area contributed by atoms with Crippen LogP contribution in [-0.2, 0) is 9.53 Å². The maximum absolute atomic E-state index is 11.8. The van der Waals surface area contributed by atoms with E-state index in [1.807, 2.05) is 25.3 Å². The Morgan fingerprint density at radius 1 is 1.75 bits per heavy atom. The lowest BCUT2D eigenvalue weighted by Crippen LogP contribution is -2.30. The Balaban J connectivity index is 2.82. The molecule has 3 nitrogen and oxygen atoms in total. The summed E-state index contributed by atoms with van der Waals surface area (Å²) in [6.45, 7) is 8.42. The molecule has 0 amide bonds. The number of hydrogen-bond donors (Lipinski definition) is 1. The van der Waals surface area contributed by atoms with E-state index in [2.05, 4.69) is 11.9 Å². The second-order valence-electron chi connectivity index (χ2n) is 3.35. The predicted molar refractivity (Wildman–Crippen MR) is 66.6 cm³/mol. The zero-order valence-corrected chi connectivity index (χ0v) is 10.5. The fraction of sp³-hybridized carbons (Fsp3) is 0.417. The molecule has 1 N–H and O–H groups in total. The normalized spacial score (nSPS) is 12.1. The molecule has 1 atom stereocenters. The Kier molecular flexibility index (Phi) is 5.22. The lowest BCUT2D eigenvalue weighted by molar-refractivity contribution is -0.145. The molecular weight excluding hydrogens is 222 g/mol. The lowest BCUT2D eigenvalue weighted by atomic mass is 10.1. The molecule has 16 heavy (non-hydrogen) atoms. The summed E-state index contributed by atoms with van der Waals surface area (Å²) in [5.74, 6) is -0.227. The van der Waals surface area contributed by atoms with Gasteiger partial charge in [0.2, 0.25) is 0 Å². The second kappa shape index (κ2) is 6.45. The summed E-state index contributed by atoms with van der Waals surface area (Å²) in [5, 5.41) is 5.09. The average Bonchev–Trinajstić information content (AvgIpc) is 2.66. The number of carbonyl (C=O) groups is 1. The summed E-state index contributed by atoms with van der Waals surface area (Å²) in [4.78, 5) is 12.8. The molecule has 0 aliphatic heterocycles. The number of esters is 1. The highest BCUT2D eigenvalue weighted by Crippen LogP contribution is 2.24. The molecule has 0 spiro atoms. The van der Waals surface area contributed by atoms with E-state index in [1.165, 1.54) is 0 Å². The number of thiophene rings is 1. The van der Waals surface area contributed by atoms with Crippen LogP contribution in [0.1, 0.15) is 23.4 Å². The molecule has 1 aromatic heterocycles. The molecule has 0 radical (unpaired) electrons. The van der Waals surface area contributed by atoms with Crippen molar-refractivity contribution >= 4 is 17.3 Å². The topological polar surface area (TPSA) is 38.3 Å². The van der Waals surface area contributed by atoms with E-state index in [0.717, 1.165) is 10.4 Å². The van der Waals surface area contributed by atoms with Gasteiger partial charge >= 0.3 is 5.97 Å². The first-order valence-corrected chi connectivity index (χ1v) is 6.13. The molecule has 0 fully saturated rings. The highest BCUT2D eigenvalue weighted by molar-refractivity contribution is 7.10. The van der Waals surface area contributed by atoms with E-state index >= 15 is 0 Å². The van der Waals surface area contributed by atoms with Crippen LogP contribution in [0.25, 0.3) is 0 Å². The van der Waals surface area contributed by atoms with Gasteiger partial charge in [0.15, 0.2) is 0 Å². The van der Waals surface area contributed by atoms with E-state index < -0.39 is 0 Å². The van der Waals surface area contributed by atoms with Gasteiger partial charge in [0.25, 0.3) is 0 Å². The van der Waals surface area contributed by atoms with Crippen LogP contribution < -0.4 is 5.32 Å². The first-order valence-electron chi connectivity index (χ1n) is 5.25. The van der Waals surface area contributed by atoms with Gasteiger partial charge in [-0.05, 0) is 30.9 Å². The van der Waals surface area contributed by atoms with Crippen molar-refractivity contribution in [3.05, 3.63) is 34.5 Å². The lowest BCUT2D eigenvalue weighted by Gasteiger charge is -2.15. The smallest absolute Gasteiger partial charge is 0.328 e. The number of ether oxygens (including phenoxy) is 1. The molecule has 1 rings (SSSR count). The van der Waals surface area contributed by atoms with Gasteiger partial charge in [0.05, 0.1) is 6.61 Å². The van der Waals surface area contributed by atoms with Crippen molar-refractivity contribution in [2.75, 3.05) is 13.2 Å². The van der Waals surface area contributed by atoms with Gasteiger partial charge in [0, 0.05) is 11.4 Å². The van der Waals surface area contributed by atoms with Gasteiger partial charge in [-0.15, -0.1) is 17.9 Å². The summed E-state index contributed by atoms with van der Waals surface area (Å²) in [7, 11) is 0. The van der Waals surface area contributed by atoms with Gasteiger partial charge in [-0.3, -0.25) is 5.32 Å². The Bertz CT molecular complexity index is 360. The van der Waals surface area contributed by atoms with Crippen molar-refractivity contribution in [1.29, 1.82) is 0 Å². The van der Waals surface area contributed by atoms with Gasteiger partial charge in [-0.1, -0.05) is 6.08 Å². The fourth-order valence-corrected chi connectivity index (χ4v) is 2.38. The van der Waals surface area contributed by atoms with Crippen LogP contribution in [0.5, 0.6) is 0 Å². The Hall–Kier alpha value is -1.13. The molecule has 0 saturated carbocycles. The maximum atomic E-state index is 11.8. The largest absolute Gasteiger partial charge is 0.465 e. The van der Waals surface area contributed by atoms with Gasteiger partial charge in [0.1, 0.15) is 6.04 Å². The third-order valence-corrected chi connectivity index (χ3v) is 3.24. The quantitative estimate of drug-likeness (QED) is 0.612. The van der Waals surface area contributed by atoms with Crippen LogP contribution in [0.15, 0.2) is 24.1 Å². The second-order valence-corrected chi connectivity index (χ2v) is 4.30. The van der Waals surface area contributed by atoms with Crippen molar-refractivity contribution < 1.29 is 9.53 Å². The number of hydrogen-bond acceptors (Lipinski definition) is 4. The van der Waals surface area contributed by atoms with E-state index in [4.69, 9.17) is 4.74 Å². The number of carbonyl (C=O) groups excluding carboxylic acids is 1. The van der Waals surface area contributed by atoms with Crippen molar-refractivity contribution in [3.8, 4) is 0 Å². The van der Waals surface area contributed by atoms with Crippen molar-refractivity contribution in [3.63, 3.8) is 0 Å². The van der Waals surface area contributed by atoms with Crippen LogP contribution in [-0.4, -0.2) is 19.1 Å². The summed E-state index contributed by atoms with van der Waals surface area (Å²) in [6.07, 6.45) is 1.73. The molecule has 0 aliphatic carbocycles. The zero-order valence-electron chi connectivity index (χ0n) is 9.66. The van der Waals surface area contributed by atoms with Crippen LogP contribution in [0, 0.1) is 6.92 Å². The highest BCUT2D eigenvalue weighted by atomic mass is 32.1. The molecule has 1 aromatic rings. The minimum absolute atomic E-state index is 0.227. The van der Waals surface area contributed by atoms with Crippen molar-refractivity contribution in [2.45, 2.75) is 19.9 Å². The van der Waals surface area contributed by atoms with E-state index in [1.54, 1.807) is 17.4 Å². The first kappa shape index (κ1) is 12.9. The van der Waals surface area contributed by atoms with E-state index in [-0.39, 0.29) is 12.0 Å². The Labute approximate surface area is 100 Å². The SMILES string of the molecule is C=CCNC(C(=O)OCC)c1sccc1C. The summed E-state index contributed by atoms with van der Waals surface area (Å²) in [6, 6.07) is 1.62. The van der Waals surface area contributed by atoms with Crippen LogP contribution in [0.3, 0.4) is 0 Å². The van der Waals surface area contributed by atoms with E-state index in [9.17, 15) is 4.79 Å². The molecule has 0 aliphatic rings. The Morgan fingerprint density at radius 3 is 3.00 bits per heavy atom. The third-order valence-electron chi connectivity index (χ3n) is 2.15. The molecule has 1 heterocycles. The molecule has 88 valence electrons. The molecule has 1 unspecified atom stereocenters. The standard InChI is InChI=1S/C12H17NO2S/c1-4-7-13-10(12(14)15-5-2)11-9(3)6-8-16-11/h4,6,8,10,13H,1,5,7H2,2-3H3. The third kappa shape index (κ3) is 3.18. The Morgan fingerprint density at radius 2 is 2.50 bits per heavy atom. The maximum Gasteiger partial charge on any atom is 0.328 e. The molecule has 4 heteroatoms. The average molecular weight is 239 g/mol. The van der Waals surface area contributed by atoms with Crippen LogP contribution in [0.4, 0.5) is 0 Å². The minimum Gasteiger partial charge on any atom is -0.465 e. The molecule has 0 saturated heterocycles. The summed E-state index contributed by atoms with van der Waals surface area (Å²) >= 11 is 1.56. The number of nitrogens with one attached hydrogen (secondary N) is 1. The van der Waals surface area contributed by atoms with Gasteiger partial charge < -0.3 is 4.74 Å². The zero-order chi connectivity index (χ0) is 12.0. The first-order chi connectivity index (χ1) is 7.70. The van der Waals surface area contributed by atoms with Crippen LogP contribution in [0.2, 0.25) is 0 Å². The molecule has 0 bridgehead atoms. The van der Waals surface area contributed by atoms with Gasteiger partial charge in [-0.25, -0.2) is 4.79 Å².